The van der Waals surface area contributed by atoms with Crippen LogP contribution < -0.4 is 10.4 Å². The summed E-state index contributed by atoms with van der Waals surface area (Å²) in [4.78, 5) is 14.1. The van der Waals surface area contributed by atoms with E-state index in [0.717, 1.165) is 23.1 Å². The lowest BCUT2D eigenvalue weighted by molar-refractivity contribution is -0.117. The van der Waals surface area contributed by atoms with E-state index >= 15 is 0 Å². The average molecular weight is 331 g/mol. The molecular weight excluding hydrogens is 305 g/mol. The van der Waals surface area contributed by atoms with Gasteiger partial charge in [0.25, 0.3) is 0 Å². The monoisotopic (exact) mass is 331 g/mol. The van der Waals surface area contributed by atoms with Gasteiger partial charge in [0.15, 0.2) is 0 Å². The highest BCUT2D eigenvalue weighted by molar-refractivity contribution is 6.62. The molecule has 1 aromatic carbocycles. The van der Waals surface area contributed by atoms with E-state index in [4.69, 9.17) is 14.0 Å². The lowest BCUT2D eigenvalue weighted by Gasteiger charge is -2.32. The maximum atomic E-state index is 12.3. The molecule has 1 amide bonds. The zero-order valence-corrected chi connectivity index (χ0v) is 15.2. The quantitative estimate of drug-likeness (QED) is 0.611. The summed E-state index contributed by atoms with van der Waals surface area (Å²) in [6.07, 6.45) is 1.29. The predicted molar refractivity (Wildman–Crippen MR) is 94.7 cm³/mol. The third-order valence-electron chi connectivity index (χ3n) is 5.30. The molecule has 0 bridgehead atoms. The van der Waals surface area contributed by atoms with Crippen LogP contribution >= 0.6 is 0 Å². The summed E-state index contributed by atoms with van der Waals surface area (Å²) in [6, 6.07) is 6.06. The zero-order valence-electron chi connectivity index (χ0n) is 15.2. The SMILES string of the molecule is COCCCN1C(=O)Cc2ccc(B3OC(C)(C)C(C)(C)O3)cc21. The molecule has 0 N–H and O–H groups in total. The first-order chi connectivity index (χ1) is 11.2. The van der Waals surface area contributed by atoms with E-state index in [0.29, 0.717) is 19.6 Å². The first-order valence-corrected chi connectivity index (χ1v) is 8.53. The number of hydrogen-bond donors (Lipinski definition) is 0. The molecular formula is C18H26BNO4. The highest BCUT2D eigenvalue weighted by atomic mass is 16.7. The number of benzene rings is 1. The van der Waals surface area contributed by atoms with Gasteiger partial charge >= 0.3 is 7.12 Å². The molecule has 130 valence electrons. The van der Waals surface area contributed by atoms with Crippen molar-refractivity contribution in [3.8, 4) is 0 Å². The fraction of sp³-hybridized carbons (Fsp3) is 0.611. The summed E-state index contributed by atoms with van der Waals surface area (Å²) < 4.78 is 17.3. The molecule has 1 aromatic rings. The molecule has 0 atom stereocenters. The van der Waals surface area contributed by atoms with Crippen LogP contribution in [0.4, 0.5) is 5.69 Å². The fourth-order valence-corrected chi connectivity index (χ4v) is 3.11. The van der Waals surface area contributed by atoms with Gasteiger partial charge in [-0.05, 0) is 51.2 Å². The van der Waals surface area contributed by atoms with Gasteiger partial charge in [0.05, 0.1) is 17.6 Å². The minimum absolute atomic E-state index is 0.146. The Labute approximate surface area is 144 Å². The normalized spacial score (nSPS) is 21.5. The van der Waals surface area contributed by atoms with Crippen molar-refractivity contribution in [2.75, 3.05) is 25.2 Å². The third-order valence-corrected chi connectivity index (χ3v) is 5.30. The van der Waals surface area contributed by atoms with Gasteiger partial charge in [-0.25, -0.2) is 0 Å². The molecule has 0 saturated carbocycles. The van der Waals surface area contributed by atoms with E-state index in [1.165, 1.54) is 0 Å². The van der Waals surface area contributed by atoms with Crippen molar-refractivity contribution < 1.29 is 18.8 Å². The van der Waals surface area contributed by atoms with Crippen LogP contribution in [0.2, 0.25) is 0 Å². The summed E-state index contributed by atoms with van der Waals surface area (Å²) in [5.74, 6) is 0.146. The predicted octanol–water partition coefficient (Wildman–Crippen LogP) is 1.91. The van der Waals surface area contributed by atoms with Crippen molar-refractivity contribution in [1.82, 2.24) is 0 Å². The van der Waals surface area contributed by atoms with Crippen LogP contribution in [0.3, 0.4) is 0 Å². The van der Waals surface area contributed by atoms with Gasteiger partial charge in [0, 0.05) is 25.9 Å². The molecule has 2 aliphatic rings. The number of methoxy groups -OCH3 is 1. The van der Waals surface area contributed by atoms with E-state index in [1.807, 2.05) is 50.8 Å². The summed E-state index contributed by atoms with van der Waals surface area (Å²) in [5.41, 5.74) is 2.26. The van der Waals surface area contributed by atoms with Crippen molar-refractivity contribution in [2.24, 2.45) is 0 Å². The van der Waals surface area contributed by atoms with Crippen molar-refractivity contribution in [1.29, 1.82) is 0 Å². The summed E-state index contributed by atoms with van der Waals surface area (Å²) in [5, 5.41) is 0. The second-order valence-corrected chi connectivity index (χ2v) is 7.54. The maximum Gasteiger partial charge on any atom is 0.494 e. The Balaban J connectivity index is 1.83. The van der Waals surface area contributed by atoms with Gasteiger partial charge in [-0.3, -0.25) is 4.79 Å². The van der Waals surface area contributed by atoms with E-state index in [-0.39, 0.29) is 17.1 Å². The van der Waals surface area contributed by atoms with Gasteiger partial charge in [0.2, 0.25) is 5.91 Å². The number of rotatable bonds is 5. The van der Waals surface area contributed by atoms with Gasteiger partial charge in [-0.15, -0.1) is 0 Å². The first-order valence-electron chi connectivity index (χ1n) is 8.53. The zero-order chi connectivity index (χ0) is 17.5. The topological polar surface area (TPSA) is 48.0 Å². The van der Waals surface area contributed by atoms with Crippen LogP contribution in [0.15, 0.2) is 18.2 Å². The molecule has 0 radical (unpaired) electrons. The Morgan fingerprint density at radius 3 is 2.50 bits per heavy atom. The Morgan fingerprint density at radius 2 is 1.88 bits per heavy atom. The largest absolute Gasteiger partial charge is 0.494 e. The summed E-state index contributed by atoms with van der Waals surface area (Å²) >= 11 is 0. The Morgan fingerprint density at radius 1 is 1.21 bits per heavy atom. The van der Waals surface area contributed by atoms with Gasteiger partial charge in [-0.1, -0.05) is 12.1 Å². The number of carbonyl (C=O) groups is 1. The Hall–Kier alpha value is -1.37. The second-order valence-electron chi connectivity index (χ2n) is 7.54. The fourth-order valence-electron chi connectivity index (χ4n) is 3.11. The van der Waals surface area contributed by atoms with Crippen LogP contribution in [0, 0.1) is 0 Å². The summed E-state index contributed by atoms with van der Waals surface area (Å²) in [7, 11) is 1.27. The number of fused-ring (bicyclic) bond motifs is 1. The summed E-state index contributed by atoms with van der Waals surface area (Å²) in [6.45, 7) is 9.49. The molecule has 0 aliphatic carbocycles. The van der Waals surface area contributed by atoms with Crippen LogP contribution in [-0.4, -0.2) is 44.5 Å². The number of nitrogens with zero attached hydrogens (tertiary/aromatic N) is 1. The van der Waals surface area contributed by atoms with Gasteiger partial charge in [0.1, 0.15) is 0 Å². The lowest BCUT2D eigenvalue weighted by Crippen LogP contribution is -2.41. The van der Waals surface area contributed by atoms with Crippen LogP contribution in [0.1, 0.15) is 39.7 Å². The van der Waals surface area contributed by atoms with Crippen LogP contribution in [0.25, 0.3) is 0 Å². The first kappa shape index (κ1) is 17.5. The van der Waals surface area contributed by atoms with Crippen molar-refractivity contribution in [3.63, 3.8) is 0 Å². The van der Waals surface area contributed by atoms with Crippen LogP contribution in [-0.2, 0) is 25.3 Å². The lowest BCUT2D eigenvalue weighted by atomic mass is 9.78. The van der Waals surface area contributed by atoms with Gasteiger partial charge in [-0.2, -0.15) is 0 Å². The molecule has 2 aliphatic heterocycles. The molecule has 24 heavy (non-hydrogen) atoms. The molecule has 5 nitrogen and oxygen atoms in total. The highest BCUT2D eigenvalue weighted by Crippen LogP contribution is 2.37. The minimum atomic E-state index is -0.406. The molecule has 6 heteroatoms. The number of hydrogen-bond acceptors (Lipinski definition) is 4. The van der Waals surface area contributed by atoms with Crippen molar-refractivity contribution in [3.05, 3.63) is 23.8 Å². The van der Waals surface area contributed by atoms with E-state index < -0.39 is 7.12 Å². The molecule has 0 aromatic heterocycles. The van der Waals surface area contributed by atoms with Gasteiger partial charge < -0.3 is 18.9 Å². The Kier molecular flexibility index (Phi) is 4.49. The highest BCUT2D eigenvalue weighted by Gasteiger charge is 2.51. The number of ether oxygens (including phenoxy) is 1. The number of amides is 1. The molecule has 1 fully saturated rings. The number of anilines is 1. The number of carbonyl (C=O) groups excluding carboxylic acids is 1. The molecule has 1 saturated heterocycles. The molecule has 2 heterocycles. The van der Waals surface area contributed by atoms with Crippen molar-refractivity contribution >= 4 is 24.2 Å². The smallest absolute Gasteiger partial charge is 0.399 e. The van der Waals surface area contributed by atoms with Crippen LogP contribution in [0.5, 0.6) is 0 Å². The van der Waals surface area contributed by atoms with E-state index in [2.05, 4.69) is 0 Å². The average Bonchev–Trinajstić information content (AvgIpc) is 2.92. The molecule has 0 spiro atoms. The van der Waals surface area contributed by atoms with Crippen molar-refractivity contribution in [2.45, 2.75) is 51.7 Å². The second kappa shape index (κ2) is 6.17. The Bertz CT molecular complexity index is 628. The standard InChI is InChI=1S/C18H26BNO4/c1-17(2)18(3,4)24-19(23-17)14-8-7-13-11-16(21)20(15(13)12-14)9-6-10-22-5/h7-8,12H,6,9-11H2,1-5H3. The van der Waals surface area contributed by atoms with E-state index in [1.54, 1.807) is 7.11 Å². The maximum absolute atomic E-state index is 12.3. The minimum Gasteiger partial charge on any atom is -0.399 e. The third kappa shape index (κ3) is 2.98. The van der Waals surface area contributed by atoms with E-state index in [9.17, 15) is 4.79 Å². The molecule has 0 unspecified atom stereocenters. The molecule has 3 rings (SSSR count).